The lowest BCUT2D eigenvalue weighted by molar-refractivity contribution is 0.131. The van der Waals surface area contributed by atoms with E-state index in [1.807, 2.05) is 18.2 Å². The van der Waals surface area contributed by atoms with E-state index in [0.29, 0.717) is 0 Å². The first kappa shape index (κ1) is 17.5. The maximum absolute atomic E-state index is 11.4. The maximum Gasteiger partial charge on any atom is 0.238 e. The molecule has 6 nitrogen and oxygen atoms in total. The number of pyridine rings is 1. The molecule has 4 N–H and O–H groups in total. The fourth-order valence-corrected chi connectivity index (χ4v) is 3.35. The Morgan fingerprint density at radius 2 is 1.36 bits per heavy atom. The third-order valence-corrected chi connectivity index (χ3v) is 5.16. The Balaban J connectivity index is 2.10. The fraction of sp³-hybridized carbons (Fsp3) is 0.167. The molecule has 0 amide bonds. The van der Waals surface area contributed by atoms with Gasteiger partial charge >= 0.3 is 0 Å². The number of aliphatic hydroxyl groups excluding tert-OH is 2. The number of aliphatic hydroxyl groups is 2. The van der Waals surface area contributed by atoms with E-state index in [2.05, 4.69) is 4.98 Å². The standard InChI is InChI=1S/C18H18N2O4S/c19-25(23,24)15-3-1-13(2-4-15)16-9-18(11-21,12-22)10-17(16)14-5-7-20-8-6-14/h1-10,21-22H,11-12H2,(H2,19,23,24). The molecule has 0 atom stereocenters. The molecule has 0 fully saturated rings. The molecule has 2 aromatic rings. The summed E-state index contributed by atoms with van der Waals surface area (Å²) in [6.45, 7) is -0.478. The van der Waals surface area contributed by atoms with Gasteiger partial charge in [0.2, 0.25) is 10.0 Å². The highest BCUT2D eigenvalue weighted by molar-refractivity contribution is 7.89. The number of nitrogens with two attached hydrogens (primary N) is 1. The van der Waals surface area contributed by atoms with Gasteiger partial charge in [-0.3, -0.25) is 4.98 Å². The predicted molar refractivity (Wildman–Crippen MR) is 94.6 cm³/mol. The Bertz CT molecular complexity index is 929. The average Bonchev–Trinajstić information content (AvgIpc) is 3.03. The smallest absolute Gasteiger partial charge is 0.238 e. The third-order valence-electron chi connectivity index (χ3n) is 4.23. The lowest BCUT2D eigenvalue weighted by atomic mass is 9.92. The summed E-state index contributed by atoms with van der Waals surface area (Å²) >= 11 is 0. The molecular weight excluding hydrogens is 340 g/mol. The van der Waals surface area contributed by atoms with Gasteiger partial charge in [-0.1, -0.05) is 24.3 Å². The van der Waals surface area contributed by atoms with Crippen molar-refractivity contribution in [2.24, 2.45) is 10.6 Å². The van der Waals surface area contributed by atoms with Crippen molar-refractivity contribution in [3.63, 3.8) is 0 Å². The van der Waals surface area contributed by atoms with E-state index in [-0.39, 0.29) is 18.1 Å². The van der Waals surface area contributed by atoms with Crippen molar-refractivity contribution >= 4 is 21.2 Å². The minimum Gasteiger partial charge on any atom is -0.395 e. The number of sulfonamides is 1. The molecule has 0 spiro atoms. The number of aromatic nitrogens is 1. The highest BCUT2D eigenvalue weighted by Crippen LogP contribution is 2.43. The fourth-order valence-electron chi connectivity index (χ4n) is 2.84. The number of hydrogen-bond acceptors (Lipinski definition) is 5. The van der Waals surface area contributed by atoms with Crippen molar-refractivity contribution in [3.05, 3.63) is 72.1 Å². The SMILES string of the molecule is NS(=O)(=O)c1ccc(C2=CC(CO)(CO)C=C2c2ccncc2)cc1. The molecule has 1 aliphatic carbocycles. The Labute approximate surface area is 146 Å². The van der Waals surface area contributed by atoms with Crippen LogP contribution >= 0.6 is 0 Å². The second-order valence-electron chi connectivity index (χ2n) is 5.97. The molecule has 1 aromatic carbocycles. The summed E-state index contributed by atoms with van der Waals surface area (Å²) in [5.41, 5.74) is 2.43. The summed E-state index contributed by atoms with van der Waals surface area (Å²) in [6, 6.07) is 9.87. The zero-order valence-electron chi connectivity index (χ0n) is 13.3. The van der Waals surface area contributed by atoms with E-state index in [1.165, 1.54) is 12.1 Å². The lowest BCUT2D eigenvalue weighted by Gasteiger charge is -2.18. The number of hydrogen-bond donors (Lipinski definition) is 3. The second-order valence-corrected chi connectivity index (χ2v) is 7.53. The molecular formula is C18H18N2O4S. The minimum absolute atomic E-state index is 0.0277. The molecule has 1 aliphatic rings. The molecule has 0 saturated heterocycles. The average molecular weight is 358 g/mol. The molecule has 25 heavy (non-hydrogen) atoms. The molecule has 1 aromatic heterocycles. The topological polar surface area (TPSA) is 114 Å². The monoisotopic (exact) mass is 358 g/mol. The van der Waals surface area contributed by atoms with Crippen LogP contribution < -0.4 is 5.14 Å². The van der Waals surface area contributed by atoms with Crippen LogP contribution in [0.3, 0.4) is 0 Å². The van der Waals surface area contributed by atoms with Gasteiger partial charge in [-0.05, 0) is 46.5 Å². The lowest BCUT2D eigenvalue weighted by Crippen LogP contribution is -2.23. The van der Waals surface area contributed by atoms with Gasteiger partial charge in [0.25, 0.3) is 0 Å². The summed E-state index contributed by atoms with van der Waals surface area (Å²) in [5.74, 6) is 0. The van der Waals surface area contributed by atoms with Crippen LogP contribution in [0.5, 0.6) is 0 Å². The number of primary sulfonamides is 1. The van der Waals surface area contributed by atoms with Crippen LogP contribution in [-0.4, -0.2) is 36.8 Å². The van der Waals surface area contributed by atoms with Gasteiger partial charge in [0, 0.05) is 12.4 Å². The van der Waals surface area contributed by atoms with Gasteiger partial charge < -0.3 is 10.2 Å². The van der Waals surface area contributed by atoms with Gasteiger partial charge in [-0.15, -0.1) is 0 Å². The molecule has 0 radical (unpaired) electrons. The Morgan fingerprint density at radius 1 is 0.880 bits per heavy atom. The summed E-state index contributed by atoms with van der Waals surface area (Å²) in [6.07, 6.45) is 6.95. The van der Waals surface area contributed by atoms with E-state index in [9.17, 15) is 18.6 Å². The van der Waals surface area contributed by atoms with Crippen LogP contribution in [0.15, 0.2) is 65.8 Å². The van der Waals surface area contributed by atoms with Gasteiger partial charge in [0.1, 0.15) is 0 Å². The van der Waals surface area contributed by atoms with Gasteiger partial charge in [-0.25, -0.2) is 13.6 Å². The molecule has 0 saturated carbocycles. The zero-order chi connectivity index (χ0) is 18.1. The first-order chi connectivity index (χ1) is 11.9. The quantitative estimate of drug-likeness (QED) is 0.743. The van der Waals surface area contributed by atoms with E-state index in [0.717, 1.165) is 22.3 Å². The van der Waals surface area contributed by atoms with E-state index < -0.39 is 15.4 Å². The van der Waals surface area contributed by atoms with Crippen molar-refractivity contribution < 1.29 is 18.6 Å². The van der Waals surface area contributed by atoms with Crippen LogP contribution in [0.4, 0.5) is 0 Å². The first-order valence-corrected chi connectivity index (χ1v) is 9.15. The van der Waals surface area contributed by atoms with Crippen molar-refractivity contribution in [1.29, 1.82) is 0 Å². The zero-order valence-corrected chi connectivity index (χ0v) is 14.1. The van der Waals surface area contributed by atoms with Crippen molar-refractivity contribution in [1.82, 2.24) is 4.98 Å². The predicted octanol–water partition coefficient (Wildman–Crippen LogP) is 1.18. The highest BCUT2D eigenvalue weighted by atomic mass is 32.2. The van der Waals surface area contributed by atoms with Crippen molar-refractivity contribution in [2.75, 3.05) is 13.2 Å². The molecule has 130 valence electrons. The second kappa shape index (κ2) is 6.53. The van der Waals surface area contributed by atoms with Crippen molar-refractivity contribution in [2.45, 2.75) is 4.90 Å². The van der Waals surface area contributed by atoms with Crippen LogP contribution in [0, 0.1) is 5.41 Å². The van der Waals surface area contributed by atoms with Crippen LogP contribution in [0.25, 0.3) is 11.1 Å². The largest absolute Gasteiger partial charge is 0.395 e. The van der Waals surface area contributed by atoms with E-state index in [1.54, 1.807) is 30.6 Å². The molecule has 1 heterocycles. The summed E-state index contributed by atoms with van der Waals surface area (Å²) in [7, 11) is -3.76. The Kier molecular flexibility index (Phi) is 4.57. The molecule has 0 aliphatic heterocycles. The molecule has 0 bridgehead atoms. The number of nitrogens with zero attached hydrogens (tertiary/aromatic N) is 1. The minimum atomic E-state index is -3.76. The van der Waals surface area contributed by atoms with Crippen LogP contribution in [0.2, 0.25) is 0 Å². The van der Waals surface area contributed by atoms with Crippen LogP contribution in [-0.2, 0) is 10.0 Å². The van der Waals surface area contributed by atoms with E-state index in [4.69, 9.17) is 5.14 Å². The normalized spacial score (nSPS) is 16.4. The van der Waals surface area contributed by atoms with Gasteiger partial charge in [-0.2, -0.15) is 0 Å². The van der Waals surface area contributed by atoms with Gasteiger partial charge in [0.05, 0.1) is 23.5 Å². The Hall–Kier alpha value is -2.32. The third kappa shape index (κ3) is 3.40. The highest BCUT2D eigenvalue weighted by Gasteiger charge is 2.32. The number of benzene rings is 1. The maximum atomic E-state index is 11.4. The summed E-state index contributed by atoms with van der Waals surface area (Å²) in [5, 5.41) is 24.6. The first-order valence-electron chi connectivity index (χ1n) is 7.60. The van der Waals surface area contributed by atoms with E-state index >= 15 is 0 Å². The summed E-state index contributed by atoms with van der Waals surface area (Å²) in [4.78, 5) is 4.03. The number of allylic oxidation sites excluding steroid dienone is 2. The van der Waals surface area contributed by atoms with Crippen molar-refractivity contribution in [3.8, 4) is 0 Å². The van der Waals surface area contributed by atoms with Gasteiger partial charge in [0.15, 0.2) is 0 Å². The molecule has 3 rings (SSSR count). The summed E-state index contributed by atoms with van der Waals surface area (Å²) < 4.78 is 22.9. The number of rotatable bonds is 5. The molecule has 0 unspecified atom stereocenters. The van der Waals surface area contributed by atoms with Crippen LogP contribution in [0.1, 0.15) is 11.1 Å². The molecule has 7 heteroatoms. The Morgan fingerprint density at radius 3 is 1.80 bits per heavy atom.